The molecule has 0 radical (unpaired) electrons. The highest BCUT2D eigenvalue weighted by atomic mass is 79.9. The first-order valence-corrected chi connectivity index (χ1v) is 7.01. The molecule has 0 amide bonds. The van der Waals surface area contributed by atoms with Crippen LogP contribution in [-0.2, 0) is 13.1 Å². The van der Waals surface area contributed by atoms with Crippen molar-refractivity contribution >= 4 is 27.3 Å². The molecule has 0 unspecified atom stereocenters. The Morgan fingerprint density at radius 1 is 1.29 bits per heavy atom. The maximum Gasteiger partial charge on any atom is 0.124 e. The maximum atomic E-state index is 13.1. The van der Waals surface area contributed by atoms with Crippen LogP contribution in [0.2, 0.25) is 0 Å². The summed E-state index contributed by atoms with van der Waals surface area (Å²) < 4.78 is 13.9. The third-order valence-electron chi connectivity index (χ3n) is 2.51. The van der Waals surface area contributed by atoms with Crippen molar-refractivity contribution in [1.82, 2.24) is 5.32 Å². The molecule has 4 heteroatoms. The summed E-state index contributed by atoms with van der Waals surface area (Å²) in [6.07, 6.45) is 0. The third kappa shape index (κ3) is 3.63. The van der Waals surface area contributed by atoms with E-state index >= 15 is 0 Å². The van der Waals surface area contributed by atoms with Crippen LogP contribution in [0.3, 0.4) is 0 Å². The first kappa shape index (κ1) is 12.7. The van der Waals surface area contributed by atoms with Gasteiger partial charge in [0, 0.05) is 22.4 Å². The highest BCUT2D eigenvalue weighted by molar-refractivity contribution is 9.10. The molecule has 0 fully saturated rings. The standard InChI is InChI=1S/C13H13BrFNS/c1-9-2-3-17-13(9)8-16-7-10-4-11(14)6-12(15)5-10/h2-6,16H,7-8H2,1H3. The smallest absolute Gasteiger partial charge is 0.124 e. The van der Waals surface area contributed by atoms with Gasteiger partial charge in [-0.15, -0.1) is 11.3 Å². The van der Waals surface area contributed by atoms with E-state index in [-0.39, 0.29) is 5.82 Å². The van der Waals surface area contributed by atoms with Gasteiger partial charge in [-0.2, -0.15) is 0 Å². The normalized spacial score (nSPS) is 10.8. The van der Waals surface area contributed by atoms with Crippen molar-refractivity contribution in [2.24, 2.45) is 0 Å². The largest absolute Gasteiger partial charge is 0.308 e. The van der Waals surface area contributed by atoms with Gasteiger partial charge in [0.1, 0.15) is 5.82 Å². The number of rotatable bonds is 4. The molecule has 17 heavy (non-hydrogen) atoms. The summed E-state index contributed by atoms with van der Waals surface area (Å²) in [5, 5.41) is 5.41. The summed E-state index contributed by atoms with van der Waals surface area (Å²) >= 11 is 5.03. The van der Waals surface area contributed by atoms with Crippen LogP contribution in [0.1, 0.15) is 16.0 Å². The Bertz CT molecular complexity index is 490. The lowest BCUT2D eigenvalue weighted by atomic mass is 10.2. The Labute approximate surface area is 113 Å². The number of aryl methyl sites for hydroxylation is 1. The summed E-state index contributed by atoms with van der Waals surface area (Å²) in [7, 11) is 0. The van der Waals surface area contributed by atoms with Crippen LogP contribution in [0.25, 0.3) is 0 Å². The molecule has 1 nitrogen and oxygen atoms in total. The quantitative estimate of drug-likeness (QED) is 0.890. The van der Waals surface area contributed by atoms with Crippen molar-refractivity contribution in [3.63, 3.8) is 0 Å². The molecule has 2 rings (SSSR count). The van der Waals surface area contributed by atoms with E-state index in [0.29, 0.717) is 6.54 Å². The number of nitrogens with one attached hydrogen (secondary N) is 1. The van der Waals surface area contributed by atoms with Crippen molar-refractivity contribution in [2.45, 2.75) is 20.0 Å². The fourth-order valence-corrected chi connectivity index (χ4v) is 3.01. The van der Waals surface area contributed by atoms with E-state index in [2.05, 4.69) is 39.6 Å². The van der Waals surface area contributed by atoms with Gasteiger partial charge in [0.25, 0.3) is 0 Å². The molecule has 0 spiro atoms. The lowest BCUT2D eigenvalue weighted by Crippen LogP contribution is -2.12. The van der Waals surface area contributed by atoms with Crippen molar-refractivity contribution in [3.8, 4) is 0 Å². The fraction of sp³-hybridized carbons (Fsp3) is 0.231. The minimum absolute atomic E-state index is 0.205. The molecule has 1 N–H and O–H groups in total. The van der Waals surface area contributed by atoms with Gasteiger partial charge < -0.3 is 5.32 Å². The predicted octanol–water partition coefficient (Wildman–Crippen LogP) is 4.25. The van der Waals surface area contributed by atoms with Crippen molar-refractivity contribution in [1.29, 1.82) is 0 Å². The number of hydrogen-bond donors (Lipinski definition) is 1. The summed E-state index contributed by atoms with van der Waals surface area (Å²) in [6.45, 7) is 3.61. The average molecular weight is 314 g/mol. The second kappa shape index (κ2) is 5.76. The van der Waals surface area contributed by atoms with Crippen LogP contribution in [0, 0.1) is 12.7 Å². The number of thiophene rings is 1. The van der Waals surface area contributed by atoms with Gasteiger partial charge in [-0.25, -0.2) is 4.39 Å². The molecule has 1 aromatic carbocycles. The number of hydrogen-bond acceptors (Lipinski definition) is 2. The van der Waals surface area contributed by atoms with Crippen LogP contribution in [-0.4, -0.2) is 0 Å². The van der Waals surface area contributed by atoms with Crippen molar-refractivity contribution < 1.29 is 4.39 Å². The molecule has 0 aliphatic carbocycles. The van der Waals surface area contributed by atoms with E-state index in [9.17, 15) is 4.39 Å². The first-order valence-electron chi connectivity index (χ1n) is 5.34. The van der Waals surface area contributed by atoms with Crippen LogP contribution in [0.5, 0.6) is 0 Å². The van der Waals surface area contributed by atoms with E-state index in [1.165, 1.54) is 16.5 Å². The van der Waals surface area contributed by atoms with Crippen molar-refractivity contribution in [3.05, 3.63) is 55.9 Å². The molecule has 1 heterocycles. The topological polar surface area (TPSA) is 12.0 Å². The van der Waals surface area contributed by atoms with Gasteiger partial charge in [0.2, 0.25) is 0 Å². The zero-order chi connectivity index (χ0) is 12.3. The van der Waals surface area contributed by atoms with E-state index < -0.39 is 0 Å². The highest BCUT2D eigenvalue weighted by Crippen LogP contribution is 2.17. The van der Waals surface area contributed by atoms with Gasteiger partial charge in [0.15, 0.2) is 0 Å². The SMILES string of the molecule is Cc1ccsc1CNCc1cc(F)cc(Br)c1. The fourth-order valence-electron chi connectivity index (χ4n) is 1.62. The van der Waals surface area contributed by atoms with E-state index in [0.717, 1.165) is 16.6 Å². The van der Waals surface area contributed by atoms with Crippen LogP contribution >= 0.6 is 27.3 Å². The lowest BCUT2D eigenvalue weighted by molar-refractivity contribution is 0.619. The molecule has 0 saturated carbocycles. The summed E-state index contributed by atoms with van der Waals surface area (Å²) in [5.74, 6) is -0.205. The zero-order valence-electron chi connectivity index (χ0n) is 9.47. The number of benzene rings is 1. The minimum atomic E-state index is -0.205. The molecular formula is C13H13BrFNS. The molecule has 2 aromatic rings. The predicted molar refractivity (Wildman–Crippen MR) is 73.7 cm³/mol. The molecule has 0 saturated heterocycles. The van der Waals surface area contributed by atoms with Gasteiger partial charge in [0.05, 0.1) is 0 Å². The second-order valence-electron chi connectivity index (χ2n) is 3.91. The van der Waals surface area contributed by atoms with Crippen LogP contribution in [0.4, 0.5) is 4.39 Å². The minimum Gasteiger partial charge on any atom is -0.308 e. The van der Waals surface area contributed by atoms with Gasteiger partial charge in [-0.1, -0.05) is 15.9 Å². The molecule has 90 valence electrons. The zero-order valence-corrected chi connectivity index (χ0v) is 11.9. The molecular weight excluding hydrogens is 301 g/mol. The monoisotopic (exact) mass is 313 g/mol. The molecule has 1 aromatic heterocycles. The number of halogens is 2. The Balaban J connectivity index is 1.92. The summed E-state index contributed by atoms with van der Waals surface area (Å²) in [4.78, 5) is 1.33. The summed E-state index contributed by atoms with van der Waals surface area (Å²) in [5.41, 5.74) is 2.26. The molecule has 0 atom stereocenters. The van der Waals surface area contributed by atoms with Crippen LogP contribution in [0.15, 0.2) is 34.1 Å². The van der Waals surface area contributed by atoms with E-state index in [1.54, 1.807) is 17.4 Å². The summed E-state index contributed by atoms with van der Waals surface area (Å²) in [6, 6.07) is 7.06. The first-order chi connectivity index (χ1) is 8.15. The van der Waals surface area contributed by atoms with E-state index in [1.807, 2.05) is 6.07 Å². The Hall–Kier alpha value is -0.710. The highest BCUT2D eigenvalue weighted by Gasteiger charge is 2.01. The van der Waals surface area contributed by atoms with Gasteiger partial charge in [-0.05, 0) is 47.7 Å². The lowest BCUT2D eigenvalue weighted by Gasteiger charge is -2.05. The van der Waals surface area contributed by atoms with Crippen molar-refractivity contribution in [2.75, 3.05) is 0 Å². The Morgan fingerprint density at radius 3 is 2.76 bits per heavy atom. The molecule has 0 bridgehead atoms. The van der Waals surface area contributed by atoms with Gasteiger partial charge >= 0.3 is 0 Å². The van der Waals surface area contributed by atoms with Gasteiger partial charge in [-0.3, -0.25) is 0 Å². The van der Waals surface area contributed by atoms with E-state index in [4.69, 9.17) is 0 Å². The van der Waals surface area contributed by atoms with Crippen LogP contribution < -0.4 is 5.32 Å². The molecule has 0 aliphatic heterocycles. The molecule has 0 aliphatic rings. The second-order valence-corrected chi connectivity index (χ2v) is 5.82. The Kier molecular flexibility index (Phi) is 4.31. The average Bonchev–Trinajstić information content (AvgIpc) is 2.63. The third-order valence-corrected chi connectivity index (χ3v) is 3.99. The Morgan fingerprint density at radius 2 is 2.12 bits per heavy atom. The maximum absolute atomic E-state index is 13.1.